The van der Waals surface area contributed by atoms with Gasteiger partial charge in [-0.15, -0.1) is 21.9 Å². The van der Waals surface area contributed by atoms with Crippen LogP contribution >= 0.6 is 0 Å². The van der Waals surface area contributed by atoms with E-state index in [9.17, 15) is 57.5 Å². The number of Topliss-reactive ketones (excluding diaryl/α,β-unsaturated/α-hetero) is 1. The van der Waals surface area contributed by atoms with Crippen molar-refractivity contribution < 1.29 is 97.2 Å². The fourth-order valence-electron chi connectivity index (χ4n) is 7.34. The molecule has 0 N–H and O–H groups in total. The summed E-state index contributed by atoms with van der Waals surface area (Å²) >= 11 is 0. The quantitative estimate of drug-likeness (QED) is 0.0362. The van der Waals surface area contributed by atoms with Crippen molar-refractivity contribution in [3.8, 4) is 0 Å². The van der Waals surface area contributed by atoms with Crippen LogP contribution in [0.1, 0.15) is 27.2 Å². The highest BCUT2D eigenvalue weighted by atomic mass is 19.2. The van der Waals surface area contributed by atoms with Gasteiger partial charge in [-0.3, -0.25) is 4.79 Å². The summed E-state index contributed by atoms with van der Waals surface area (Å²) in [4.78, 5) is 16.7. The van der Waals surface area contributed by atoms with Gasteiger partial charge in [0.15, 0.2) is 82.2 Å². The largest absolute Gasteiger partial charge is 0.287 e. The Morgan fingerprint density at radius 2 is 0.750 bits per heavy atom. The first-order valence-corrected chi connectivity index (χ1v) is 18.6. The van der Waals surface area contributed by atoms with Gasteiger partial charge in [-0.1, -0.05) is 60.2 Å². The van der Waals surface area contributed by atoms with Gasteiger partial charge in [-0.05, 0) is 12.5 Å². The molecule has 0 spiro atoms. The highest BCUT2D eigenvalue weighted by Gasteiger charge is 2.52. The van der Waals surface area contributed by atoms with Gasteiger partial charge in [-0.2, -0.15) is 4.57 Å². The first-order chi connectivity index (χ1) is 31.9. The Morgan fingerprint density at radius 1 is 0.441 bits per heavy atom. The molecular weight excluding hydrogens is 963 g/mol. The third kappa shape index (κ3) is 8.39. The smallest absolute Gasteiger partial charge is 0.227 e. The van der Waals surface area contributed by atoms with E-state index in [2.05, 4.69) is 36.2 Å². The molecule has 0 saturated heterocycles. The summed E-state index contributed by atoms with van der Waals surface area (Å²) in [5, 5.41) is 0. The molecule has 354 valence electrons. The van der Waals surface area contributed by atoms with Crippen LogP contribution in [0, 0.1) is 123 Å². The van der Waals surface area contributed by atoms with Crippen LogP contribution in [0.2, 0.25) is 0 Å². The topological polar surface area (TPSA) is 33.8 Å². The molecule has 3 nitrogen and oxygen atoms in total. The van der Waals surface area contributed by atoms with E-state index in [4.69, 9.17) is 0 Å². The standard InChI is InChI=1S/C24BF20.C20H19N2O/c26-5-1(6(27)14(35)21(42)13(5)34)25(2-7(28)15(36)22(43)16(37)8(2)29,3-9(30)17(38)23(44)18(39)10(3)31)4-11(32)19(40)24(45)20(41)12(4)33;1-16-7-9-17(10-8-16)13-19-14-22(12-11-21-19)15-20(23)18-5-3-2-4-6-18/h;2-12,14H,13,15H2,1H3/q-1;+1. The molecular formula is C44H19BF20N2O. The first-order valence-electron chi connectivity index (χ1n) is 18.6. The third-order valence-corrected chi connectivity index (χ3v) is 10.4. The second-order valence-electron chi connectivity index (χ2n) is 14.5. The minimum absolute atomic E-state index is 0.100. The first kappa shape index (κ1) is 50.2. The zero-order valence-electron chi connectivity index (χ0n) is 33.3. The normalized spacial score (nSPS) is 11.5. The maximum absolute atomic E-state index is 15.4. The lowest BCUT2D eigenvalue weighted by Gasteiger charge is -2.44. The van der Waals surface area contributed by atoms with Crippen LogP contribution < -0.4 is 26.4 Å². The molecule has 0 saturated carbocycles. The lowest BCUT2D eigenvalue weighted by molar-refractivity contribution is -0.684. The Balaban J connectivity index is 0.000000276. The molecule has 68 heavy (non-hydrogen) atoms. The maximum Gasteiger partial charge on any atom is 0.227 e. The van der Waals surface area contributed by atoms with Crippen LogP contribution in [0.25, 0.3) is 0 Å². The van der Waals surface area contributed by atoms with Gasteiger partial charge < -0.3 is 0 Å². The molecule has 1 heterocycles. The molecule has 0 aliphatic carbocycles. The minimum Gasteiger partial charge on any atom is -0.287 e. The molecule has 0 amide bonds. The number of hydrogen-bond acceptors (Lipinski definition) is 2. The fourth-order valence-corrected chi connectivity index (χ4v) is 7.34. The van der Waals surface area contributed by atoms with E-state index in [0.29, 0.717) is 6.54 Å². The van der Waals surface area contributed by atoms with E-state index < -0.39 is 144 Å². The van der Waals surface area contributed by atoms with Crippen LogP contribution in [0.5, 0.6) is 0 Å². The predicted molar refractivity (Wildman–Crippen MR) is 198 cm³/mol. The number of benzene rings is 6. The lowest BCUT2D eigenvalue weighted by atomic mass is 9.12. The van der Waals surface area contributed by atoms with Crippen molar-refractivity contribution in [1.82, 2.24) is 4.98 Å². The number of nitrogens with zero attached hydrogens (tertiary/aromatic N) is 2. The average Bonchev–Trinajstić information content (AvgIpc) is 3.32. The molecule has 0 aliphatic heterocycles. The third-order valence-electron chi connectivity index (χ3n) is 10.4. The van der Waals surface area contributed by atoms with Gasteiger partial charge in [0.25, 0.3) is 0 Å². The minimum atomic E-state index is -7.22. The molecule has 7 aromatic rings. The van der Waals surface area contributed by atoms with Crippen molar-refractivity contribution in [3.63, 3.8) is 0 Å². The predicted octanol–water partition coefficient (Wildman–Crippen LogP) is 9.00. The Kier molecular flexibility index (Phi) is 14.1. The summed E-state index contributed by atoms with van der Waals surface area (Å²) in [5.41, 5.74) is -10.2. The number of halogens is 20. The van der Waals surface area contributed by atoms with Gasteiger partial charge in [0, 0.05) is 12.0 Å². The van der Waals surface area contributed by atoms with Crippen molar-refractivity contribution in [3.05, 3.63) is 212 Å². The van der Waals surface area contributed by atoms with E-state index >= 15 is 35.1 Å². The van der Waals surface area contributed by atoms with Crippen LogP contribution in [0.15, 0.2) is 73.2 Å². The number of aryl methyl sites for hydroxylation is 1. The number of ketones is 1. The fraction of sp³-hybridized carbons (Fsp3) is 0.0682. The van der Waals surface area contributed by atoms with Gasteiger partial charge in [0.05, 0.1) is 6.20 Å². The number of hydrogen-bond donors (Lipinski definition) is 0. The Hall–Kier alpha value is -7.27. The number of carbonyl (C=O) groups excluding carboxylic acids is 1. The van der Waals surface area contributed by atoms with E-state index in [-0.39, 0.29) is 5.78 Å². The molecule has 0 fully saturated rings. The van der Waals surface area contributed by atoms with Crippen molar-refractivity contribution in [1.29, 1.82) is 0 Å². The summed E-state index contributed by atoms with van der Waals surface area (Å²) < 4.78 is 296. The van der Waals surface area contributed by atoms with Crippen LogP contribution in [0.3, 0.4) is 0 Å². The highest BCUT2D eigenvalue weighted by Crippen LogP contribution is 2.31. The van der Waals surface area contributed by atoms with E-state index in [1.807, 2.05) is 47.3 Å². The second kappa shape index (κ2) is 19.2. The lowest BCUT2D eigenvalue weighted by Crippen LogP contribution is -2.81. The van der Waals surface area contributed by atoms with Crippen LogP contribution in [-0.2, 0) is 13.0 Å². The highest BCUT2D eigenvalue weighted by molar-refractivity contribution is 7.20. The molecule has 24 heteroatoms. The molecule has 0 aliphatic rings. The zero-order valence-corrected chi connectivity index (χ0v) is 33.3. The van der Waals surface area contributed by atoms with Gasteiger partial charge in [0.1, 0.15) is 58.4 Å². The number of aromatic nitrogens is 2. The SMILES string of the molecule is Cc1ccc(Cc2c[n+](CC(=O)c3ccccc3)ccn2)cc1.Fc1c(F)c(F)c([B-](c2c(F)c(F)c(F)c(F)c2F)(c2c(F)c(F)c(F)c(F)c2F)c2c(F)c(F)c(F)c(F)c2F)c(F)c1F. The molecule has 0 bridgehead atoms. The van der Waals surface area contributed by atoms with Crippen molar-refractivity contribution in [2.75, 3.05) is 0 Å². The van der Waals surface area contributed by atoms with Gasteiger partial charge in [0.2, 0.25) is 12.3 Å². The molecule has 7 rings (SSSR count). The molecule has 0 atom stereocenters. The molecule has 1 aromatic heterocycles. The molecule has 0 radical (unpaired) electrons. The summed E-state index contributed by atoms with van der Waals surface area (Å²) in [6, 6.07) is 17.8. The zero-order chi connectivity index (χ0) is 50.4. The summed E-state index contributed by atoms with van der Waals surface area (Å²) in [6.07, 6.45) is -0.923. The van der Waals surface area contributed by atoms with Gasteiger partial charge in [-0.25, -0.2) is 92.8 Å². The van der Waals surface area contributed by atoms with Gasteiger partial charge >= 0.3 is 0 Å². The maximum atomic E-state index is 15.4. The van der Waals surface area contributed by atoms with Crippen LogP contribution in [-0.4, -0.2) is 16.9 Å². The number of carbonyl (C=O) groups is 1. The van der Waals surface area contributed by atoms with E-state index in [0.717, 1.165) is 17.7 Å². The van der Waals surface area contributed by atoms with Crippen molar-refractivity contribution in [2.45, 2.75) is 19.9 Å². The van der Waals surface area contributed by atoms with Crippen molar-refractivity contribution in [2.24, 2.45) is 0 Å². The number of rotatable bonds is 9. The van der Waals surface area contributed by atoms with E-state index in [1.165, 1.54) is 11.1 Å². The summed E-state index contributed by atoms with van der Waals surface area (Å²) in [5.74, 6) is -71.3. The second-order valence-corrected chi connectivity index (χ2v) is 14.5. The Morgan fingerprint density at radius 3 is 1.07 bits per heavy atom. The van der Waals surface area contributed by atoms with Crippen LogP contribution in [0.4, 0.5) is 87.8 Å². The average molecular weight is 982 g/mol. The van der Waals surface area contributed by atoms with Crippen molar-refractivity contribution >= 4 is 33.8 Å². The monoisotopic (exact) mass is 982 g/mol. The molecule has 0 unspecified atom stereocenters. The summed E-state index contributed by atoms with van der Waals surface area (Å²) in [6.45, 7) is 2.40. The Labute approximate surface area is 367 Å². The summed E-state index contributed by atoms with van der Waals surface area (Å²) in [7, 11) is 0. The van der Waals surface area contributed by atoms with E-state index in [1.54, 1.807) is 6.20 Å². The Bertz CT molecular complexity index is 2770. The molecule has 6 aromatic carbocycles.